The second-order valence-electron chi connectivity index (χ2n) is 2.82. The summed E-state index contributed by atoms with van der Waals surface area (Å²) >= 11 is 5.56. The Labute approximate surface area is 90.0 Å². The Hall–Kier alpha value is -1.23. The third-order valence-electron chi connectivity index (χ3n) is 1.83. The van der Waals surface area contributed by atoms with Crippen molar-refractivity contribution < 1.29 is 18.3 Å². The molecule has 0 atom stereocenters. The normalized spacial score (nSPS) is 10.5. The molecule has 1 heterocycles. The highest BCUT2D eigenvalue weighted by Gasteiger charge is 2.23. The third kappa shape index (κ3) is 2.41. The maximum absolute atomic E-state index is 12.6. The number of carbonyl (C=O) groups is 1. The van der Waals surface area contributed by atoms with Gasteiger partial charge in [0.25, 0.3) is 6.43 Å². The Kier molecular flexibility index (Phi) is 3.57. The lowest BCUT2D eigenvalue weighted by Gasteiger charge is -2.09. The molecule has 3 nitrogen and oxygen atoms in total. The van der Waals surface area contributed by atoms with Crippen molar-refractivity contribution in [1.82, 2.24) is 4.98 Å². The number of ether oxygens (including phenoxy) is 1. The second-order valence-corrected chi connectivity index (χ2v) is 3.20. The first kappa shape index (κ1) is 11.8. The van der Waals surface area contributed by atoms with Gasteiger partial charge in [0, 0.05) is 0 Å². The molecule has 0 aliphatic rings. The molecule has 0 saturated heterocycles. The highest BCUT2D eigenvalue weighted by molar-refractivity contribution is 6.29. The number of aromatic nitrogens is 1. The van der Waals surface area contributed by atoms with Crippen LogP contribution >= 0.6 is 11.6 Å². The zero-order valence-corrected chi connectivity index (χ0v) is 8.81. The van der Waals surface area contributed by atoms with Crippen LogP contribution in [0, 0.1) is 6.92 Å². The van der Waals surface area contributed by atoms with Crippen LogP contribution in [0.4, 0.5) is 8.78 Å². The molecule has 1 aromatic rings. The van der Waals surface area contributed by atoms with Crippen molar-refractivity contribution in [2.45, 2.75) is 13.3 Å². The van der Waals surface area contributed by atoms with Gasteiger partial charge >= 0.3 is 5.97 Å². The maximum atomic E-state index is 12.6. The third-order valence-corrected chi connectivity index (χ3v) is 2.02. The van der Waals surface area contributed by atoms with E-state index in [0.717, 1.165) is 7.11 Å². The highest BCUT2D eigenvalue weighted by atomic mass is 35.5. The molecule has 0 amide bonds. The van der Waals surface area contributed by atoms with E-state index in [1.54, 1.807) is 0 Å². The summed E-state index contributed by atoms with van der Waals surface area (Å²) in [5, 5.41) is -0.0164. The van der Waals surface area contributed by atoms with E-state index >= 15 is 0 Å². The van der Waals surface area contributed by atoms with E-state index in [1.165, 1.54) is 13.0 Å². The lowest BCUT2D eigenvalue weighted by Crippen LogP contribution is -2.10. The molecule has 0 fully saturated rings. The Balaban J connectivity index is 3.40. The molecule has 0 aliphatic heterocycles. The quantitative estimate of drug-likeness (QED) is 0.585. The van der Waals surface area contributed by atoms with Gasteiger partial charge in [-0.3, -0.25) is 0 Å². The second kappa shape index (κ2) is 4.53. The molecule has 1 aromatic heterocycles. The zero-order chi connectivity index (χ0) is 11.6. The lowest BCUT2D eigenvalue weighted by molar-refractivity contribution is 0.0581. The fraction of sp³-hybridized carbons (Fsp3) is 0.333. The minimum Gasteiger partial charge on any atom is -0.464 e. The summed E-state index contributed by atoms with van der Waals surface area (Å²) in [6.07, 6.45) is -2.79. The number of rotatable bonds is 2. The first-order chi connectivity index (χ1) is 6.97. The molecular formula is C9H8ClF2NO2. The van der Waals surface area contributed by atoms with Crippen LogP contribution in [0.25, 0.3) is 0 Å². The Morgan fingerprint density at radius 2 is 2.20 bits per heavy atom. The highest BCUT2D eigenvalue weighted by Crippen LogP contribution is 2.27. The van der Waals surface area contributed by atoms with Crippen LogP contribution < -0.4 is 0 Å². The number of alkyl halides is 2. The number of hydrogen-bond acceptors (Lipinski definition) is 3. The summed E-state index contributed by atoms with van der Waals surface area (Å²) in [5.74, 6) is -0.920. The van der Waals surface area contributed by atoms with Crippen molar-refractivity contribution in [3.63, 3.8) is 0 Å². The molecule has 0 unspecified atom stereocenters. The molecule has 0 N–H and O–H groups in total. The van der Waals surface area contributed by atoms with Crippen LogP contribution in [-0.4, -0.2) is 18.1 Å². The summed E-state index contributed by atoms with van der Waals surface area (Å²) < 4.78 is 29.6. The van der Waals surface area contributed by atoms with Gasteiger partial charge in [0.1, 0.15) is 5.15 Å². The van der Waals surface area contributed by atoms with Gasteiger partial charge in [0.15, 0.2) is 5.69 Å². The topological polar surface area (TPSA) is 39.2 Å². The van der Waals surface area contributed by atoms with Gasteiger partial charge < -0.3 is 4.74 Å². The van der Waals surface area contributed by atoms with Crippen LogP contribution in [0.1, 0.15) is 28.0 Å². The molecule has 0 bridgehead atoms. The lowest BCUT2D eigenvalue weighted by atomic mass is 10.1. The summed E-state index contributed by atoms with van der Waals surface area (Å²) in [4.78, 5) is 14.7. The molecule has 0 saturated carbocycles. The van der Waals surface area contributed by atoms with Crippen molar-refractivity contribution >= 4 is 17.6 Å². The predicted molar refractivity (Wildman–Crippen MR) is 50.3 cm³/mol. The average molecular weight is 236 g/mol. The predicted octanol–water partition coefficient (Wildman–Crippen LogP) is 2.77. The van der Waals surface area contributed by atoms with Gasteiger partial charge in [-0.05, 0) is 18.6 Å². The molecule has 0 aliphatic carbocycles. The molecular weight excluding hydrogens is 228 g/mol. The van der Waals surface area contributed by atoms with Crippen LogP contribution in [0.3, 0.4) is 0 Å². The van der Waals surface area contributed by atoms with Crippen molar-refractivity contribution in [1.29, 1.82) is 0 Å². The number of halogens is 3. The largest absolute Gasteiger partial charge is 0.464 e. The average Bonchev–Trinajstić information content (AvgIpc) is 2.14. The number of esters is 1. The summed E-state index contributed by atoms with van der Waals surface area (Å²) in [7, 11) is 1.09. The SMILES string of the molecule is COC(=O)c1nc(Cl)cc(C)c1C(F)F. The molecule has 82 valence electrons. The van der Waals surface area contributed by atoms with Crippen LogP contribution in [-0.2, 0) is 4.74 Å². The Morgan fingerprint density at radius 3 is 2.67 bits per heavy atom. The number of nitrogens with zero attached hydrogens (tertiary/aromatic N) is 1. The smallest absolute Gasteiger partial charge is 0.357 e. The van der Waals surface area contributed by atoms with E-state index < -0.39 is 23.7 Å². The minimum absolute atomic E-state index is 0.0164. The fourth-order valence-electron chi connectivity index (χ4n) is 1.17. The van der Waals surface area contributed by atoms with E-state index in [9.17, 15) is 13.6 Å². The number of pyridine rings is 1. The maximum Gasteiger partial charge on any atom is 0.357 e. The first-order valence-corrected chi connectivity index (χ1v) is 4.38. The number of carbonyl (C=O) groups excluding carboxylic acids is 1. The minimum atomic E-state index is -2.79. The Morgan fingerprint density at radius 1 is 1.60 bits per heavy atom. The van der Waals surface area contributed by atoms with E-state index in [4.69, 9.17) is 11.6 Å². The molecule has 0 spiro atoms. The van der Waals surface area contributed by atoms with E-state index in [1.807, 2.05) is 0 Å². The van der Waals surface area contributed by atoms with E-state index in [-0.39, 0.29) is 10.7 Å². The van der Waals surface area contributed by atoms with Gasteiger partial charge in [0.05, 0.1) is 12.7 Å². The molecule has 0 radical (unpaired) electrons. The van der Waals surface area contributed by atoms with Crippen molar-refractivity contribution in [2.24, 2.45) is 0 Å². The monoisotopic (exact) mass is 235 g/mol. The van der Waals surface area contributed by atoms with Crippen LogP contribution in [0.15, 0.2) is 6.07 Å². The standard InChI is InChI=1S/C9H8ClF2NO2/c1-4-3-5(10)13-7(9(14)15-2)6(4)8(11)12/h3,8H,1-2H3. The number of methoxy groups -OCH3 is 1. The molecule has 1 rings (SSSR count). The van der Waals surface area contributed by atoms with Crippen molar-refractivity contribution in [3.05, 3.63) is 28.0 Å². The van der Waals surface area contributed by atoms with Gasteiger partial charge in [0.2, 0.25) is 0 Å². The van der Waals surface area contributed by atoms with Gasteiger partial charge in [-0.25, -0.2) is 18.6 Å². The Bertz CT molecular complexity index is 396. The summed E-state index contributed by atoms with van der Waals surface area (Å²) in [6.45, 7) is 1.43. The van der Waals surface area contributed by atoms with Gasteiger partial charge in [-0.15, -0.1) is 0 Å². The van der Waals surface area contributed by atoms with Crippen LogP contribution in [0.2, 0.25) is 5.15 Å². The summed E-state index contributed by atoms with van der Waals surface area (Å²) in [5.41, 5.74) is -0.658. The summed E-state index contributed by atoms with van der Waals surface area (Å²) in [6, 6.07) is 1.27. The van der Waals surface area contributed by atoms with Gasteiger partial charge in [-0.1, -0.05) is 11.6 Å². The zero-order valence-electron chi connectivity index (χ0n) is 8.05. The first-order valence-electron chi connectivity index (χ1n) is 4.01. The van der Waals surface area contributed by atoms with Crippen molar-refractivity contribution in [2.75, 3.05) is 7.11 Å². The molecule has 0 aromatic carbocycles. The van der Waals surface area contributed by atoms with E-state index in [0.29, 0.717) is 0 Å². The number of aryl methyl sites for hydroxylation is 1. The van der Waals surface area contributed by atoms with Crippen LogP contribution in [0.5, 0.6) is 0 Å². The molecule has 15 heavy (non-hydrogen) atoms. The van der Waals surface area contributed by atoms with Gasteiger partial charge in [-0.2, -0.15) is 0 Å². The van der Waals surface area contributed by atoms with E-state index in [2.05, 4.69) is 9.72 Å². The molecule has 6 heteroatoms. The van der Waals surface area contributed by atoms with Crippen molar-refractivity contribution in [3.8, 4) is 0 Å². The fourth-order valence-corrected chi connectivity index (χ4v) is 1.42. The number of hydrogen-bond donors (Lipinski definition) is 0.